The number of hydrogen-bond donors (Lipinski definition) is 2. The third kappa shape index (κ3) is 5.02. The molecule has 1 aromatic heterocycles. The average molecular weight is 421 g/mol. The lowest BCUT2D eigenvalue weighted by Gasteiger charge is -2.12. The van der Waals surface area contributed by atoms with E-state index in [4.69, 9.17) is 9.47 Å². The summed E-state index contributed by atoms with van der Waals surface area (Å²) in [6, 6.07) is 12.0. The third-order valence-corrected chi connectivity index (χ3v) is 4.11. The molecular weight excluding hydrogens is 403 g/mol. The molecule has 10 heteroatoms. The molecule has 7 nitrogen and oxygen atoms in total. The van der Waals surface area contributed by atoms with Crippen molar-refractivity contribution in [1.29, 1.82) is 0 Å². The molecule has 3 aromatic rings. The van der Waals surface area contributed by atoms with Gasteiger partial charge in [0.25, 0.3) is 5.91 Å². The van der Waals surface area contributed by atoms with Gasteiger partial charge in [0.05, 0.1) is 37.7 Å². The van der Waals surface area contributed by atoms with Crippen molar-refractivity contribution in [3.63, 3.8) is 0 Å². The minimum absolute atomic E-state index is 0.0124. The first-order valence-corrected chi connectivity index (χ1v) is 8.70. The van der Waals surface area contributed by atoms with Crippen LogP contribution >= 0.6 is 0 Å². The summed E-state index contributed by atoms with van der Waals surface area (Å²) in [5.41, 5.74) is 1.53. The Labute approximate surface area is 169 Å². The zero-order valence-corrected chi connectivity index (χ0v) is 16.0. The molecule has 0 spiro atoms. The Morgan fingerprint density at radius 2 is 1.83 bits per heavy atom. The Morgan fingerprint density at radius 1 is 1.07 bits per heavy atom. The van der Waals surface area contributed by atoms with E-state index in [1.54, 1.807) is 24.3 Å². The predicted molar refractivity (Wildman–Crippen MR) is 101 cm³/mol. The molecule has 2 aromatic carbocycles. The van der Waals surface area contributed by atoms with Crippen LogP contribution in [0.1, 0.15) is 16.1 Å². The van der Waals surface area contributed by atoms with Gasteiger partial charge in [-0.3, -0.25) is 9.89 Å². The van der Waals surface area contributed by atoms with E-state index in [2.05, 4.69) is 20.3 Å². The molecule has 0 saturated carbocycles. The van der Waals surface area contributed by atoms with Crippen molar-refractivity contribution in [2.24, 2.45) is 0 Å². The van der Waals surface area contributed by atoms with Crippen molar-refractivity contribution < 1.29 is 32.2 Å². The Bertz CT molecular complexity index is 1030. The quantitative estimate of drug-likeness (QED) is 0.604. The topological polar surface area (TPSA) is 85.5 Å². The van der Waals surface area contributed by atoms with E-state index in [1.165, 1.54) is 32.4 Å². The van der Waals surface area contributed by atoms with Gasteiger partial charge in [0.2, 0.25) is 0 Å². The molecule has 30 heavy (non-hydrogen) atoms. The van der Waals surface area contributed by atoms with Gasteiger partial charge in [-0.1, -0.05) is 12.1 Å². The van der Waals surface area contributed by atoms with Crippen molar-refractivity contribution in [3.8, 4) is 28.5 Å². The minimum Gasteiger partial charge on any atom is -0.497 e. The van der Waals surface area contributed by atoms with Crippen molar-refractivity contribution in [2.75, 3.05) is 14.2 Å². The maximum absolute atomic E-state index is 12.5. The lowest BCUT2D eigenvalue weighted by atomic mass is 10.1. The van der Waals surface area contributed by atoms with Gasteiger partial charge in [0.15, 0.2) is 0 Å². The maximum atomic E-state index is 12.5. The van der Waals surface area contributed by atoms with Gasteiger partial charge in [0, 0.05) is 5.56 Å². The molecule has 0 aliphatic rings. The second kappa shape index (κ2) is 8.76. The number of methoxy groups -OCH3 is 2. The van der Waals surface area contributed by atoms with Crippen LogP contribution in [0.2, 0.25) is 0 Å². The van der Waals surface area contributed by atoms with E-state index in [1.807, 2.05) is 0 Å². The zero-order chi connectivity index (χ0) is 21.7. The van der Waals surface area contributed by atoms with Gasteiger partial charge >= 0.3 is 6.36 Å². The number of ether oxygens (including phenoxy) is 3. The van der Waals surface area contributed by atoms with Crippen LogP contribution in [0, 0.1) is 0 Å². The fourth-order valence-electron chi connectivity index (χ4n) is 2.74. The number of amides is 1. The highest BCUT2D eigenvalue weighted by Gasteiger charge is 2.32. The van der Waals surface area contributed by atoms with Crippen LogP contribution in [0.3, 0.4) is 0 Å². The molecular formula is C20H18F3N3O4. The summed E-state index contributed by atoms with van der Waals surface area (Å²) >= 11 is 0. The van der Waals surface area contributed by atoms with Crippen LogP contribution in [-0.4, -0.2) is 36.7 Å². The van der Waals surface area contributed by atoms with Crippen LogP contribution in [0.4, 0.5) is 13.2 Å². The highest BCUT2D eigenvalue weighted by molar-refractivity contribution is 5.96. The summed E-state index contributed by atoms with van der Waals surface area (Å²) < 4.78 is 52.0. The minimum atomic E-state index is -4.90. The van der Waals surface area contributed by atoms with Gasteiger partial charge in [0.1, 0.15) is 17.2 Å². The number of aromatic amines is 1. The van der Waals surface area contributed by atoms with E-state index in [0.717, 1.165) is 6.07 Å². The molecule has 0 radical (unpaired) electrons. The molecule has 0 aliphatic carbocycles. The number of halogens is 3. The van der Waals surface area contributed by atoms with Gasteiger partial charge in [-0.2, -0.15) is 5.10 Å². The highest BCUT2D eigenvalue weighted by atomic mass is 19.4. The first-order chi connectivity index (χ1) is 14.3. The van der Waals surface area contributed by atoms with Crippen LogP contribution in [0.15, 0.2) is 48.5 Å². The molecule has 158 valence electrons. The van der Waals surface area contributed by atoms with Crippen molar-refractivity contribution in [1.82, 2.24) is 15.5 Å². The van der Waals surface area contributed by atoms with Gasteiger partial charge < -0.3 is 19.5 Å². The number of aromatic nitrogens is 2. The second-order valence-electron chi connectivity index (χ2n) is 6.07. The Hall–Kier alpha value is -3.69. The number of para-hydroxylation sites is 1. The number of carbonyl (C=O) groups excluding carboxylic acids is 1. The van der Waals surface area contributed by atoms with Gasteiger partial charge in [-0.05, 0) is 36.4 Å². The lowest BCUT2D eigenvalue weighted by Crippen LogP contribution is -2.25. The fraction of sp³-hybridized carbons (Fsp3) is 0.200. The van der Waals surface area contributed by atoms with Crippen molar-refractivity contribution in [2.45, 2.75) is 12.9 Å². The molecule has 0 bridgehead atoms. The number of H-pyrrole nitrogens is 1. The summed E-state index contributed by atoms with van der Waals surface area (Å²) in [6.07, 6.45) is -4.90. The Morgan fingerprint density at radius 3 is 2.53 bits per heavy atom. The summed E-state index contributed by atoms with van der Waals surface area (Å²) in [7, 11) is 3.07. The molecule has 0 atom stereocenters. The van der Waals surface area contributed by atoms with Gasteiger partial charge in [-0.15, -0.1) is 13.2 Å². The number of nitrogens with zero attached hydrogens (tertiary/aromatic N) is 1. The maximum Gasteiger partial charge on any atom is 0.573 e. The highest BCUT2D eigenvalue weighted by Crippen LogP contribution is 2.32. The van der Waals surface area contributed by atoms with E-state index < -0.39 is 18.0 Å². The summed E-state index contributed by atoms with van der Waals surface area (Å²) in [5.74, 6) is -0.0973. The molecule has 1 heterocycles. The molecule has 2 N–H and O–H groups in total. The van der Waals surface area contributed by atoms with Crippen LogP contribution < -0.4 is 19.5 Å². The van der Waals surface area contributed by atoms with Crippen LogP contribution in [-0.2, 0) is 6.54 Å². The predicted octanol–water partition coefficient (Wildman–Crippen LogP) is 3.92. The largest absolute Gasteiger partial charge is 0.573 e. The van der Waals surface area contributed by atoms with Crippen LogP contribution in [0.25, 0.3) is 11.3 Å². The fourth-order valence-corrected chi connectivity index (χ4v) is 2.74. The van der Waals surface area contributed by atoms with E-state index in [-0.39, 0.29) is 12.1 Å². The normalized spacial score (nSPS) is 11.1. The monoisotopic (exact) mass is 421 g/mol. The number of hydrogen-bond acceptors (Lipinski definition) is 5. The summed E-state index contributed by atoms with van der Waals surface area (Å²) in [5, 5.41) is 9.53. The van der Waals surface area contributed by atoms with E-state index in [0.29, 0.717) is 28.5 Å². The average Bonchev–Trinajstić information content (AvgIpc) is 3.19. The molecule has 0 aliphatic heterocycles. The SMILES string of the molecule is COc1ccc(OC)c(-c2cc(CNC(=O)c3ccccc3OC(F)(F)F)[nH]n2)c1. The van der Waals surface area contributed by atoms with Crippen molar-refractivity contribution in [3.05, 3.63) is 59.8 Å². The molecule has 0 saturated heterocycles. The molecule has 0 fully saturated rings. The summed E-state index contributed by atoms with van der Waals surface area (Å²) in [6.45, 7) is 0.0124. The van der Waals surface area contributed by atoms with Gasteiger partial charge in [-0.25, -0.2) is 0 Å². The standard InChI is InChI=1S/C20H18F3N3O4/c1-28-13-7-8-17(29-2)15(10-13)16-9-12(25-26-16)11-24-19(27)14-5-3-4-6-18(14)30-20(21,22)23/h3-10H,11H2,1-2H3,(H,24,27)(H,25,26). The molecule has 1 amide bonds. The molecule has 3 rings (SSSR count). The summed E-state index contributed by atoms with van der Waals surface area (Å²) in [4.78, 5) is 12.4. The first kappa shape index (κ1) is 21.0. The van der Waals surface area contributed by atoms with Crippen molar-refractivity contribution >= 4 is 5.91 Å². The Balaban J connectivity index is 1.73. The Kier molecular flexibility index (Phi) is 6.14. The lowest BCUT2D eigenvalue weighted by molar-refractivity contribution is -0.274. The molecule has 0 unspecified atom stereocenters. The number of carbonyl (C=O) groups is 1. The number of alkyl halides is 3. The number of rotatable bonds is 7. The van der Waals surface area contributed by atoms with Crippen LogP contribution in [0.5, 0.6) is 17.2 Å². The number of nitrogens with one attached hydrogen (secondary N) is 2. The zero-order valence-electron chi connectivity index (χ0n) is 16.0. The third-order valence-electron chi connectivity index (χ3n) is 4.11. The smallest absolute Gasteiger partial charge is 0.497 e. The van der Waals surface area contributed by atoms with E-state index >= 15 is 0 Å². The second-order valence-corrected chi connectivity index (χ2v) is 6.07. The van der Waals surface area contributed by atoms with E-state index in [9.17, 15) is 18.0 Å². The first-order valence-electron chi connectivity index (χ1n) is 8.70. The number of benzene rings is 2.